The molecule has 3 nitrogen and oxygen atoms in total. The molecule has 0 fully saturated rings. The Morgan fingerprint density at radius 3 is 2.74 bits per heavy atom. The number of benzene rings is 1. The Labute approximate surface area is 116 Å². The Bertz CT molecular complexity index is 435. The van der Waals surface area contributed by atoms with Crippen molar-refractivity contribution in [3.05, 3.63) is 29.8 Å². The van der Waals surface area contributed by atoms with E-state index in [4.69, 9.17) is 10.00 Å². The molecule has 0 amide bonds. The van der Waals surface area contributed by atoms with Gasteiger partial charge in [-0.15, -0.1) is 0 Å². The summed E-state index contributed by atoms with van der Waals surface area (Å²) in [7, 11) is 1.68. The van der Waals surface area contributed by atoms with Crippen LogP contribution in [0.1, 0.15) is 32.8 Å². The first-order valence-corrected chi connectivity index (χ1v) is 6.78. The molecule has 0 saturated heterocycles. The van der Waals surface area contributed by atoms with E-state index >= 15 is 0 Å². The molecular formula is C16H24N2O. The van der Waals surface area contributed by atoms with Gasteiger partial charge in [-0.2, -0.15) is 5.26 Å². The summed E-state index contributed by atoms with van der Waals surface area (Å²) >= 11 is 0. The van der Waals surface area contributed by atoms with E-state index in [1.807, 2.05) is 19.1 Å². The van der Waals surface area contributed by atoms with Crippen LogP contribution in [0.15, 0.2) is 24.3 Å². The maximum atomic E-state index is 8.93. The second-order valence-electron chi connectivity index (χ2n) is 5.48. The summed E-state index contributed by atoms with van der Waals surface area (Å²) in [4.78, 5) is 0. The second kappa shape index (κ2) is 7.16. The lowest BCUT2D eigenvalue weighted by molar-refractivity contribution is 0.408. The lowest BCUT2D eigenvalue weighted by Gasteiger charge is -2.26. The van der Waals surface area contributed by atoms with Crippen LogP contribution in [0.3, 0.4) is 0 Å². The highest BCUT2D eigenvalue weighted by Crippen LogP contribution is 2.25. The molecule has 0 aliphatic heterocycles. The molecule has 19 heavy (non-hydrogen) atoms. The minimum atomic E-state index is 0.0162. The van der Waals surface area contributed by atoms with E-state index in [-0.39, 0.29) is 11.3 Å². The first kappa shape index (κ1) is 15.5. The predicted molar refractivity (Wildman–Crippen MR) is 78.3 cm³/mol. The fourth-order valence-electron chi connectivity index (χ4n) is 1.99. The normalized spacial score (nSPS) is 12.8. The number of nitrogens with zero attached hydrogens (tertiary/aromatic N) is 1. The highest BCUT2D eigenvalue weighted by molar-refractivity contribution is 5.33. The van der Waals surface area contributed by atoms with Gasteiger partial charge in [-0.05, 0) is 24.1 Å². The first-order valence-electron chi connectivity index (χ1n) is 6.78. The summed E-state index contributed by atoms with van der Waals surface area (Å²) < 4.78 is 5.26. The van der Waals surface area contributed by atoms with E-state index in [9.17, 15) is 0 Å². The highest BCUT2D eigenvalue weighted by atomic mass is 16.5. The number of rotatable bonds is 7. The topological polar surface area (TPSA) is 45.0 Å². The Morgan fingerprint density at radius 1 is 1.42 bits per heavy atom. The standard InChI is InChI=1S/C16H24N2O/c1-5-13(10-17)11-18-12-16(2,3)14-7-6-8-15(9-14)19-4/h6-9,13,18H,5,11-12H2,1-4H3. The van der Waals surface area contributed by atoms with Crippen LogP contribution in [0, 0.1) is 17.2 Å². The van der Waals surface area contributed by atoms with Crippen molar-refractivity contribution in [1.29, 1.82) is 5.26 Å². The summed E-state index contributed by atoms with van der Waals surface area (Å²) in [6.45, 7) is 8.03. The molecule has 1 unspecified atom stereocenters. The van der Waals surface area contributed by atoms with Crippen LogP contribution in [0.2, 0.25) is 0 Å². The largest absolute Gasteiger partial charge is 0.497 e. The Kier molecular flexibility index (Phi) is 5.85. The fourth-order valence-corrected chi connectivity index (χ4v) is 1.99. The zero-order valence-electron chi connectivity index (χ0n) is 12.4. The molecule has 0 aromatic heterocycles. The van der Waals surface area contributed by atoms with E-state index in [2.05, 4.69) is 37.4 Å². The van der Waals surface area contributed by atoms with Crippen LogP contribution in [-0.2, 0) is 5.41 Å². The van der Waals surface area contributed by atoms with Crippen LogP contribution in [-0.4, -0.2) is 20.2 Å². The molecule has 1 atom stereocenters. The molecule has 0 radical (unpaired) electrons. The summed E-state index contributed by atoms with van der Waals surface area (Å²) in [6.07, 6.45) is 0.892. The van der Waals surface area contributed by atoms with Gasteiger partial charge >= 0.3 is 0 Å². The van der Waals surface area contributed by atoms with Crippen molar-refractivity contribution >= 4 is 0 Å². The third-order valence-electron chi connectivity index (χ3n) is 3.48. The maximum absolute atomic E-state index is 8.93. The zero-order valence-corrected chi connectivity index (χ0v) is 12.4. The third kappa shape index (κ3) is 4.57. The molecule has 1 rings (SSSR count). The van der Waals surface area contributed by atoms with Crippen molar-refractivity contribution < 1.29 is 4.74 Å². The Balaban J connectivity index is 2.62. The third-order valence-corrected chi connectivity index (χ3v) is 3.48. The van der Waals surface area contributed by atoms with E-state index in [1.54, 1.807) is 7.11 Å². The molecule has 1 N–H and O–H groups in total. The van der Waals surface area contributed by atoms with Gasteiger partial charge in [0.25, 0.3) is 0 Å². The molecule has 0 bridgehead atoms. The molecule has 3 heteroatoms. The van der Waals surface area contributed by atoms with Crippen LogP contribution >= 0.6 is 0 Å². The van der Waals surface area contributed by atoms with E-state index in [0.29, 0.717) is 0 Å². The highest BCUT2D eigenvalue weighted by Gasteiger charge is 2.21. The number of hydrogen-bond acceptors (Lipinski definition) is 3. The molecule has 104 valence electrons. The van der Waals surface area contributed by atoms with Crippen molar-refractivity contribution in [2.24, 2.45) is 5.92 Å². The van der Waals surface area contributed by atoms with Crippen molar-refractivity contribution in [2.45, 2.75) is 32.6 Å². The number of nitriles is 1. The molecule has 0 saturated carbocycles. The van der Waals surface area contributed by atoms with Gasteiger partial charge in [0.15, 0.2) is 0 Å². The van der Waals surface area contributed by atoms with Gasteiger partial charge in [0.1, 0.15) is 5.75 Å². The van der Waals surface area contributed by atoms with E-state index in [1.165, 1.54) is 5.56 Å². The SMILES string of the molecule is CCC(C#N)CNCC(C)(C)c1cccc(OC)c1. The van der Waals surface area contributed by atoms with Gasteiger partial charge < -0.3 is 10.1 Å². The predicted octanol–water partition coefficient (Wildman–Crippen LogP) is 3.11. The lowest BCUT2D eigenvalue weighted by Crippen LogP contribution is -2.35. The molecule has 0 spiro atoms. The lowest BCUT2D eigenvalue weighted by atomic mass is 9.84. The van der Waals surface area contributed by atoms with Crippen molar-refractivity contribution in [3.8, 4) is 11.8 Å². The minimum Gasteiger partial charge on any atom is -0.497 e. The van der Waals surface area contributed by atoms with Crippen molar-refractivity contribution in [3.63, 3.8) is 0 Å². The van der Waals surface area contributed by atoms with Gasteiger partial charge in [-0.3, -0.25) is 0 Å². The number of nitrogens with one attached hydrogen (secondary N) is 1. The molecule has 1 aromatic carbocycles. The van der Waals surface area contributed by atoms with Gasteiger partial charge in [0, 0.05) is 18.5 Å². The summed E-state index contributed by atoms with van der Waals surface area (Å²) in [5, 5.41) is 12.3. The van der Waals surface area contributed by atoms with Crippen LogP contribution < -0.4 is 10.1 Å². The monoisotopic (exact) mass is 260 g/mol. The van der Waals surface area contributed by atoms with E-state index in [0.717, 1.165) is 25.3 Å². The average molecular weight is 260 g/mol. The number of ether oxygens (including phenoxy) is 1. The van der Waals surface area contributed by atoms with Gasteiger partial charge in [-0.25, -0.2) is 0 Å². The van der Waals surface area contributed by atoms with Gasteiger partial charge in [0.2, 0.25) is 0 Å². The van der Waals surface area contributed by atoms with Crippen LogP contribution in [0.4, 0.5) is 0 Å². The Hall–Kier alpha value is -1.53. The molecule has 1 aromatic rings. The molecule has 0 aliphatic rings. The van der Waals surface area contributed by atoms with E-state index < -0.39 is 0 Å². The Morgan fingerprint density at radius 2 is 2.16 bits per heavy atom. The minimum absolute atomic E-state index is 0.0162. The molecular weight excluding hydrogens is 236 g/mol. The van der Waals surface area contributed by atoms with Crippen LogP contribution in [0.25, 0.3) is 0 Å². The van der Waals surface area contributed by atoms with Crippen molar-refractivity contribution in [2.75, 3.05) is 20.2 Å². The first-order chi connectivity index (χ1) is 9.03. The quantitative estimate of drug-likeness (QED) is 0.819. The van der Waals surface area contributed by atoms with Crippen LogP contribution in [0.5, 0.6) is 5.75 Å². The molecule has 0 heterocycles. The average Bonchev–Trinajstić information content (AvgIpc) is 2.43. The second-order valence-corrected chi connectivity index (χ2v) is 5.48. The van der Waals surface area contributed by atoms with Crippen molar-refractivity contribution in [1.82, 2.24) is 5.32 Å². The molecule has 0 aliphatic carbocycles. The maximum Gasteiger partial charge on any atom is 0.119 e. The summed E-state index contributed by atoms with van der Waals surface area (Å²) in [6, 6.07) is 10.5. The summed E-state index contributed by atoms with van der Waals surface area (Å²) in [5.41, 5.74) is 1.26. The number of hydrogen-bond donors (Lipinski definition) is 1. The smallest absolute Gasteiger partial charge is 0.119 e. The fraction of sp³-hybridized carbons (Fsp3) is 0.562. The number of methoxy groups -OCH3 is 1. The van der Waals surface area contributed by atoms with Gasteiger partial charge in [0.05, 0.1) is 19.1 Å². The zero-order chi connectivity index (χ0) is 14.3. The summed E-state index contributed by atoms with van der Waals surface area (Å²) in [5.74, 6) is 0.982. The van der Waals surface area contributed by atoms with Gasteiger partial charge in [-0.1, -0.05) is 32.9 Å².